The van der Waals surface area contributed by atoms with Gasteiger partial charge >= 0.3 is 0 Å². The average molecular weight is 231 g/mol. The van der Waals surface area contributed by atoms with Crippen LogP contribution in [0.4, 0.5) is 0 Å². The predicted octanol–water partition coefficient (Wildman–Crippen LogP) is 2.96. The van der Waals surface area contributed by atoms with Gasteiger partial charge in [0.15, 0.2) is 4.33 Å². The van der Waals surface area contributed by atoms with Crippen molar-refractivity contribution in [2.24, 2.45) is 0 Å². The third-order valence-electron chi connectivity index (χ3n) is 0.596. The van der Waals surface area contributed by atoms with Gasteiger partial charge in [-0.2, -0.15) is 0 Å². The van der Waals surface area contributed by atoms with Crippen LogP contribution in [0.5, 0.6) is 0 Å². The molecule has 55 valence electrons. The van der Waals surface area contributed by atoms with Crippen LogP contribution in [0.25, 0.3) is 0 Å². The minimum absolute atomic E-state index is 0.855. The molecule has 0 unspecified atom stereocenters. The molecule has 0 rings (SSSR count). The molecular weight excluding hydrogens is 229 g/mol. The largest absolute Gasteiger partial charge is 0.233 e. The van der Waals surface area contributed by atoms with E-state index >= 15 is 0 Å². The summed E-state index contributed by atoms with van der Waals surface area (Å²) in [5.41, 5.74) is 0. The number of rotatable bonds is 1. The van der Waals surface area contributed by atoms with Crippen LogP contribution in [0.2, 0.25) is 0 Å². The van der Waals surface area contributed by atoms with Crippen LogP contribution in [0, 0.1) is 0 Å². The summed E-state index contributed by atoms with van der Waals surface area (Å²) in [5.74, 6) is 0. The monoisotopic (exact) mass is 229 g/mol. The van der Waals surface area contributed by atoms with Crippen molar-refractivity contribution in [3.63, 3.8) is 0 Å². The second-order valence-corrected chi connectivity index (χ2v) is 5.11. The maximum absolute atomic E-state index is 10.1. The van der Waals surface area contributed by atoms with Crippen LogP contribution in [-0.4, -0.2) is 14.7 Å². The van der Waals surface area contributed by atoms with Gasteiger partial charge in [0.05, 0.1) is 0 Å². The highest BCUT2D eigenvalue weighted by Gasteiger charge is 2.45. The van der Waals surface area contributed by atoms with Crippen molar-refractivity contribution in [2.75, 3.05) is 6.61 Å². The first-order valence-electron chi connectivity index (χ1n) is 1.84. The number of alkyl halides is 5. The molecule has 0 fully saturated rings. The molecule has 6 heteroatoms. The fraction of sp³-hybridized carbons (Fsp3) is 1.00. The van der Waals surface area contributed by atoms with Gasteiger partial charge in [0.1, 0.15) is 6.61 Å². The molecule has 0 spiro atoms. The molecule has 0 aromatic carbocycles. The van der Waals surface area contributed by atoms with Crippen molar-refractivity contribution in [2.45, 2.75) is 8.13 Å². The van der Waals surface area contributed by atoms with Crippen molar-refractivity contribution in [3.8, 4) is 0 Å². The first-order valence-corrected chi connectivity index (χ1v) is 3.73. The summed E-state index contributed by atoms with van der Waals surface area (Å²) in [6.45, 7) is -0.855. The van der Waals surface area contributed by atoms with E-state index in [-0.39, 0.29) is 0 Å². The van der Waals surface area contributed by atoms with E-state index in [0.29, 0.717) is 0 Å². The molecule has 0 aromatic rings. The molecule has 0 aromatic heterocycles. The van der Waals surface area contributed by atoms with Crippen LogP contribution < -0.4 is 0 Å². The predicted molar refractivity (Wildman–Crippen MR) is 40.3 cm³/mol. The third-order valence-corrected chi connectivity index (χ3v) is 2.93. The van der Waals surface area contributed by atoms with Crippen LogP contribution in [-0.2, 0) is 5.11 Å². The lowest BCUT2D eigenvalue weighted by Gasteiger charge is -2.23. The Labute approximate surface area is 77.8 Å². The molecule has 0 aliphatic carbocycles. The van der Waals surface area contributed by atoms with E-state index in [2.05, 4.69) is 0 Å². The van der Waals surface area contributed by atoms with Crippen molar-refractivity contribution in [3.05, 3.63) is 0 Å². The second kappa shape index (κ2) is 3.21. The number of hydrogen-bond donors (Lipinski definition) is 0. The molecule has 0 aliphatic rings. The second-order valence-electron chi connectivity index (χ2n) is 1.35. The van der Waals surface area contributed by atoms with E-state index in [0.717, 1.165) is 0 Å². The lowest BCUT2D eigenvalue weighted by Crippen LogP contribution is -2.34. The zero-order valence-electron chi connectivity index (χ0n) is 4.01. The summed E-state index contributed by atoms with van der Waals surface area (Å²) in [6.07, 6.45) is 0. The Bertz CT molecular complexity index is 94.9. The SMILES string of the molecule is [O]CC(Cl)(Cl)C(Cl)(Cl)Cl. The molecule has 0 amide bonds. The van der Waals surface area contributed by atoms with Gasteiger partial charge in [0.2, 0.25) is 3.79 Å². The Kier molecular flexibility index (Phi) is 3.71. The summed E-state index contributed by atoms with van der Waals surface area (Å²) < 4.78 is -3.75. The van der Waals surface area contributed by atoms with Crippen molar-refractivity contribution < 1.29 is 5.11 Å². The lowest BCUT2D eigenvalue weighted by atomic mass is 10.5. The summed E-state index contributed by atoms with van der Waals surface area (Å²) in [7, 11) is 0. The van der Waals surface area contributed by atoms with Gasteiger partial charge in [-0.15, -0.1) is 0 Å². The molecule has 9 heavy (non-hydrogen) atoms. The van der Waals surface area contributed by atoms with E-state index in [1.807, 2.05) is 0 Å². The highest BCUT2D eigenvalue weighted by Crippen LogP contribution is 2.45. The van der Waals surface area contributed by atoms with E-state index in [4.69, 9.17) is 58.0 Å². The van der Waals surface area contributed by atoms with E-state index in [9.17, 15) is 5.11 Å². The summed E-state index contributed by atoms with van der Waals surface area (Å²) in [6, 6.07) is 0. The van der Waals surface area contributed by atoms with Crippen LogP contribution in [0.1, 0.15) is 0 Å². The molecule has 0 saturated heterocycles. The van der Waals surface area contributed by atoms with Gasteiger partial charge in [0, 0.05) is 0 Å². The minimum Gasteiger partial charge on any atom is -0.233 e. The van der Waals surface area contributed by atoms with E-state index in [1.165, 1.54) is 0 Å². The molecule has 0 bridgehead atoms. The van der Waals surface area contributed by atoms with Crippen LogP contribution >= 0.6 is 58.0 Å². The first-order chi connectivity index (χ1) is 3.81. The maximum atomic E-state index is 10.1. The third kappa shape index (κ3) is 2.87. The number of halogens is 5. The lowest BCUT2D eigenvalue weighted by molar-refractivity contribution is 0.183. The molecule has 0 saturated carbocycles. The van der Waals surface area contributed by atoms with Crippen molar-refractivity contribution in [1.29, 1.82) is 0 Å². The standard InChI is InChI=1S/C3H2Cl5O/c4-2(5,1-9)3(6,7)8/h1H2. The van der Waals surface area contributed by atoms with Gasteiger partial charge in [-0.05, 0) is 0 Å². The van der Waals surface area contributed by atoms with Crippen LogP contribution in [0.15, 0.2) is 0 Å². The Morgan fingerprint density at radius 3 is 1.33 bits per heavy atom. The minimum atomic E-state index is -1.92. The molecule has 0 N–H and O–H groups in total. The molecular formula is C3H2Cl5O. The molecule has 0 aliphatic heterocycles. The smallest absolute Gasteiger partial charge is 0.225 e. The van der Waals surface area contributed by atoms with Crippen LogP contribution in [0.3, 0.4) is 0 Å². The topological polar surface area (TPSA) is 19.9 Å². The zero-order valence-corrected chi connectivity index (χ0v) is 7.78. The fourth-order valence-corrected chi connectivity index (χ4v) is 0.245. The quantitative estimate of drug-likeness (QED) is 0.618. The Morgan fingerprint density at radius 2 is 1.33 bits per heavy atom. The average Bonchev–Trinajstić information content (AvgIpc) is 1.64. The van der Waals surface area contributed by atoms with Gasteiger partial charge in [-0.25, -0.2) is 5.11 Å². The normalized spacial score (nSPS) is 14.0. The van der Waals surface area contributed by atoms with Gasteiger partial charge in [0.25, 0.3) is 0 Å². The first kappa shape index (κ1) is 10.4. The van der Waals surface area contributed by atoms with Gasteiger partial charge < -0.3 is 0 Å². The van der Waals surface area contributed by atoms with Gasteiger partial charge in [-0.1, -0.05) is 58.0 Å². The highest BCUT2D eigenvalue weighted by molar-refractivity contribution is 6.75. The zero-order chi connectivity index (χ0) is 7.71. The fourth-order valence-electron chi connectivity index (χ4n) is 0.0818. The van der Waals surface area contributed by atoms with Crippen molar-refractivity contribution >= 4 is 58.0 Å². The molecule has 1 nitrogen and oxygen atoms in total. The van der Waals surface area contributed by atoms with Gasteiger partial charge in [-0.3, -0.25) is 0 Å². The van der Waals surface area contributed by atoms with E-state index < -0.39 is 14.7 Å². The number of hydrogen-bond acceptors (Lipinski definition) is 0. The summed E-state index contributed by atoms with van der Waals surface area (Å²) in [5, 5.41) is 10.1. The highest BCUT2D eigenvalue weighted by atomic mass is 35.6. The summed E-state index contributed by atoms with van der Waals surface area (Å²) >= 11 is 26.1. The molecule has 1 radical (unpaired) electrons. The summed E-state index contributed by atoms with van der Waals surface area (Å²) in [4.78, 5) is 0. The Hall–Kier alpha value is 1.41. The Balaban J connectivity index is 4.14. The van der Waals surface area contributed by atoms with E-state index in [1.54, 1.807) is 0 Å². The molecule has 0 atom stereocenters. The van der Waals surface area contributed by atoms with Crippen molar-refractivity contribution in [1.82, 2.24) is 0 Å². The molecule has 0 heterocycles. The maximum Gasteiger partial charge on any atom is 0.225 e. The Morgan fingerprint density at radius 1 is 1.00 bits per heavy atom.